The molecule has 1 unspecified atom stereocenters. The maximum atomic E-state index is 14.2. The molecule has 2 aromatic rings. The topological polar surface area (TPSA) is 49.9 Å². The molecule has 0 radical (unpaired) electrons. The quantitative estimate of drug-likeness (QED) is 0.645. The van der Waals surface area contributed by atoms with Crippen LogP contribution >= 0.6 is 0 Å². The molecule has 174 valence electrons. The predicted octanol–water partition coefficient (Wildman–Crippen LogP) is 4.29. The normalized spacial score (nSPS) is 21.8. The summed E-state index contributed by atoms with van der Waals surface area (Å²) in [6.07, 6.45) is 4.63. The van der Waals surface area contributed by atoms with Crippen LogP contribution in [0.15, 0.2) is 48.5 Å². The zero-order chi connectivity index (χ0) is 22.8. The van der Waals surface area contributed by atoms with Crippen molar-refractivity contribution in [1.82, 2.24) is 9.21 Å². The van der Waals surface area contributed by atoms with Crippen LogP contribution < -0.4 is 0 Å². The van der Waals surface area contributed by atoms with Crippen molar-refractivity contribution in [2.45, 2.75) is 50.8 Å². The van der Waals surface area contributed by atoms with E-state index < -0.39 is 10.0 Å². The molecule has 2 aromatic carbocycles. The van der Waals surface area contributed by atoms with Crippen LogP contribution in [-0.2, 0) is 21.3 Å². The zero-order valence-corrected chi connectivity index (χ0v) is 19.8. The second kappa shape index (κ2) is 9.59. The van der Waals surface area contributed by atoms with Crippen LogP contribution in [0, 0.1) is 5.82 Å². The van der Waals surface area contributed by atoms with Gasteiger partial charge in [0.2, 0.25) is 10.0 Å². The van der Waals surface area contributed by atoms with Crippen LogP contribution in [0.25, 0.3) is 11.1 Å². The lowest BCUT2D eigenvalue weighted by atomic mass is 9.82. The van der Waals surface area contributed by atoms with E-state index in [4.69, 9.17) is 4.74 Å². The molecular formula is C25H33FN2O3S. The summed E-state index contributed by atoms with van der Waals surface area (Å²) in [5, 5.41) is 0. The largest absolute Gasteiger partial charge is 0.375 e. The van der Waals surface area contributed by atoms with E-state index in [1.807, 2.05) is 31.2 Å². The maximum Gasteiger partial charge on any atom is 0.211 e. The second-order valence-corrected chi connectivity index (χ2v) is 11.0. The number of benzene rings is 2. The second-order valence-electron chi connectivity index (χ2n) is 9.10. The molecule has 1 atom stereocenters. The predicted molar refractivity (Wildman–Crippen MR) is 125 cm³/mol. The summed E-state index contributed by atoms with van der Waals surface area (Å²) in [4.78, 5) is 2.41. The van der Waals surface area contributed by atoms with E-state index in [0.29, 0.717) is 18.7 Å². The van der Waals surface area contributed by atoms with Crippen LogP contribution in [0.2, 0.25) is 0 Å². The molecule has 32 heavy (non-hydrogen) atoms. The molecule has 0 amide bonds. The third-order valence-corrected chi connectivity index (χ3v) is 8.31. The fourth-order valence-corrected chi connectivity index (χ4v) is 6.46. The number of likely N-dealkylation sites (tertiary alicyclic amines) is 1. The summed E-state index contributed by atoms with van der Waals surface area (Å²) in [5.41, 5.74) is 2.46. The van der Waals surface area contributed by atoms with Gasteiger partial charge in [0.05, 0.1) is 11.9 Å². The molecule has 4 rings (SSSR count). The van der Waals surface area contributed by atoms with Gasteiger partial charge in [0.25, 0.3) is 0 Å². The Hall–Kier alpha value is -1.80. The van der Waals surface area contributed by atoms with Gasteiger partial charge in [-0.15, -0.1) is 0 Å². The number of piperidine rings is 1. The summed E-state index contributed by atoms with van der Waals surface area (Å²) >= 11 is 0. The molecular weight excluding hydrogens is 427 g/mol. The monoisotopic (exact) mass is 460 g/mol. The van der Waals surface area contributed by atoms with Crippen molar-refractivity contribution >= 4 is 10.0 Å². The minimum atomic E-state index is -3.21. The Morgan fingerprint density at radius 3 is 2.59 bits per heavy atom. The summed E-state index contributed by atoms with van der Waals surface area (Å²) in [7, 11) is -3.21. The average Bonchev–Trinajstić information content (AvgIpc) is 2.76. The number of halogens is 1. The zero-order valence-electron chi connectivity index (χ0n) is 19.0. The molecule has 0 N–H and O–H groups in total. The maximum absolute atomic E-state index is 14.2. The van der Waals surface area contributed by atoms with Gasteiger partial charge in [-0.2, -0.15) is 4.31 Å². The minimum absolute atomic E-state index is 0.0211. The molecule has 0 aromatic heterocycles. The minimum Gasteiger partial charge on any atom is -0.375 e. The van der Waals surface area contributed by atoms with Crippen molar-refractivity contribution in [1.29, 1.82) is 0 Å². The number of sulfonamides is 1. The van der Waals surface area contributed by atoms with E-state index in [0.717, 1.165) is 50.9 Å². The Kier molecular flexibility index (Phi) is 7.00. The Labute approximate surface area is 191 Å². The molecule has 2 aliphatic rings. The fourth-order valence-electron chi connectivity index (χ4n) is 5.27. The molecule has 0 aliphatic carbocycles. The Balaban J connectivity index is 1.39. The first-order valence-corrected chi connectivity index (χ1v) is 13.3. The third kappa shape index (κ3) is 5.22. The SMILES string of the molecule is CCN(C1CCOC2(CCN(Cc3cccc(-c4ccccc4F)c3)CC2)C1)S(C)(=O)=O. The molecule has 5 nitrogen and oxygen atoms in total. The number of rotatable bonds is 6. The van der Waals surface area contributed by atoms with Crippen LogP contribution in [0.1, 0.15) is 38.2 Å². The third-order valence-electron chi connectivity index (χ3n) is 6.90. The van der Waals surface area contributed by atoms with Gasteiger partial charge in [0, 0.05) is 44.4 Å². The van der Waals surface area contributed by atoms with Gasteiger partial charge in [0.15, 0.2) is 0 Å². The van der Waals surface area contributed by atoms with Gasteiger partial charge in [-0.05, 0) is 48.9 Å². The van der Waals surface area contributed by atoms with Gasteiger partial charge in [-0.3, -0.25) is 4.90 Å². The Bertz CT molecular complexity index is 1030. The highest BCUT2D eigenvalue weighted by Gasteiger charge is 2.43. The Morgan fingerprint density at radius 2 is 1.91 bits per heavy atom. The average molecular weight is 461 g/mol. The molecule has 0 saturated carbocycles. The number of ether oxygens (including phenoxy) is 1. The van der Waals surface area contributed by atoms with Crippen molar-refractivity contribution in [3.05, 3.63) is 59.9 Å². The first-order chi connectivity index (χ1) is 15.3. The van der Waals surface area contributed by atoms with Gasteiger partial charge in [0.1, 0.15) is 5.82 Å². The van der Waals surface area contributed by atoms with Crippen LogP contribution in [-0.4, -0.2) is 61.8 Å². The van der Waals surface area contributed by atoms with E-state index in [1.54, 1.807) is 10.4 Å². The summed E-state index contributed by atoms with van der Waals surface area (Å²) < 4.78 is 46.5. The van der Waals surface area contributed by atoms with Gasteiger partial charge >= 0.3 is 0 Å². The smallest absolute Gasteiger partial charge is 0.211 e. The first-order valence-electron chi connectivity index (χ1n) is 11.5. The van der Waals surface area contributed by atoms with E-state index in [1.165, 1.54) is 17.9 Å². The number of hydrogen-bond acceptors (Lipinski definition) is 4. The highest BCUT2D eigenvalue weighted by atomic mass is 32.2. The summed E-state index contributed by atoms with van der Waals surface area (Å²) in [5.74, 6) is -0.205. The lowest BCUT2D eigenvalue weighted by Crippen LogP contribution is -2.54. The standard InChI is InChI=1S/C25H33FN2O3S/c1-3-28(32(2,29)30)22-11-16-31-25(18-22)12-14-27(15-13-25)19-20-7-6-8-21(17-20)23-9-4-5-10-24(23)26/h4-10,17,22H,3,11-16,18-19H2,1-2H3. The van der Waals surface area contributed by atoms with Crippen molar-refractivity contribution < 1.29 is 17.5 Å². The molecule has 0 bridgehead atoms. The van der Waals surface area contributed by atoms with Crippen molar-refractivity contribution in [2.24, 2.45) is 0 Å². The van der Waals surface area contributed by atoms with Crippen molar-refractivity contribution in [2.75, 3.05) is 32.5 Å². The van der Waals surface area contributed by atoms with Crippen molar-refractivity contribution in [3.8, 4) is 11.1 Å². The number of nitrogens with zero attached hydrogens (tertiary/aromatic N) is 2. The van der Waals surface area contributed by atoms with Crippen LogP contribution in [0.3, 0.4) is 0 Å². The van der Waals surface area contributed by atoms with E-state index in [9.17, 15) is 12.8 Å². The van der Waals surface area contributed by atoms with Gasteiger partial charge < -0.3 is 4.74 Å². The van der Waals surface area contributed by atoms with Crippen LogP contribution in [0.5, 0.6) is 0 Å². The lowest BCUT2D eigenvalue weighted by molar-refractivity contribution is -0.127. The lowest BCUT2D eigenvalue weighted by Gasteiger charge is -2.48. The van der Waals surface area contributed by atoms with Crippen molar-refractivity contribution in [3.63, 3.8) is 0 Å². The summed E-state index contributed by atoms with van der Waals surface area (Å²) in [6.45, 7) is 5.64. The molecule has 2 heterocycles. The molecule has 7 heteroatoms. The molecule has 2 fully saturated rings. The molecule has 2 saturated heterocycles. The highest BCUT2D eigenvalue weighted by Crippen LogP contribution is 2.37. The fraction of sp³-hybridized carbons (Fsp3) is 0.520. The number of hydrogen-bond donors (Lipinski definition) is 0. The summed E-state index contributed by atoms with van der Waals surface area (Å²) in [6, 6.07) is 15.0. The highest BCUT2D eigenvalue weighted by molar-refractivity contribution is 7.88. The van der Waals surface area contributed by atoms with E-state index in [2.05, 4.69) is 17.0 Å². The van der Waals surface area contributed by atoms with Crippen LogP contribution in [0.4, 0.5) is 4.39 Å². The molecule has 2 aliphatic heterocycles. The van der Waals surface area contributed by atoms with Gasteiger partial charge in [-0.25, -0.2) is 12.8 Å². The first kappa shape index (κ1) is 23.4. The molecule has 1 spiro atoms. The van der Waals surface area contributed by atoms with Gasteiger partial charge in [-0.1, -0.05) is 43.3 Å². The van der Waals surface area contributed by atoms with E-state index >= 15 is 0 Å². The van der Waals surface area contributed by atoms with E-state index in [-0.39, 0.29) is 17.5 Å². The Morgan fingerprint density at radius 1 is 1.16 bits per heavy atom.